The summed E-state index contributed by atoms with van der Waals surface area (Å²) in [7, 11) is 0. The topological polar surface area (TPSA) is 115 Å². The first kappa shape index (κ1) is 15.9. The van der Waals surface area contributed by atoms with Crippen molar-refractivity contribution in [2.45, 2.75) is 26.3 Å². The molecule has 1 rings (SSSR count). The molecule has 7 nitrogen and oxygen atoms in total. The lowest BCUT2D eigenvalue weighted by Gasteiger charge is -2.21. The number of rotatable bonds is 8. The van der Waals surface area contributed by atoms with Gasteiger partial charge in [-0.25, -0.2) is 0 Å². The summed E-state index contributed by atoms with van der Waals surface area (Å²) in [6.07, 6.45) is 1.90. The van der Waals surface area contributed by atoms with E-state index in [-0.39, 0.29) is 17.9 Å². The first-order valence-corrected chi connectivity index (χ1v) is 6.48. The van der Waals surface area contributed by atoms with Crippen molar-refractivity contribution in [1.82, 2.24) is 4.90 Å². The van der Waals surface area contributed by atoms with E-state index in [9.17, 15) is 14.9 Å². The normalized spacial score (nSPS) is 10.7. The number of benzene rings is 1. The second-order valence-electron chi connectivity index (χ2n) is 4.64. The van der Waals surface area contributed by atoms with Gasteiger partial charge in [-0.05, 0) is 18.5 Å². The summed E-state index contributed by atoms with van der Waals surface area (Å²) in [5.74, 6) is -0.426. The molecule has 7 heteroatoms. The molecule has 0 saturated heterocycles. The van der Waals surface area contributed by atoms with Crippen molar-refractivity contribution < 1.29 is 9.72 Å². The number of amides is 1. The standard InChI is InChI=1S/C13H20N4O3/c1-2-3-7-16(9-12(14)18)8-10-5-4-6-11(13(10)15)17(19)20/h4-6H,2-3,7-9,15H2,1H3,(H2,14,18). The van der Waals surface area contributed by atoms with E-state index < -0.39 is 10.8 Å². The molecule has 1 aromatic carbocycles. The Labute approximate surface area is 117 Å². The van der Waals surface area contributed by atoms with Gasteiger partial charge in [0, 0.05) is 12.6 Å². The molecule has 0 saturated carbocycles. The number of nitrogens with zero attached hydrogens (tertiary/aromatic N) is 2. The predicted molar refractivity (Wildman–Crippen MR) is 76.9 cm³/mol. The zero-order valence-electron chi connectivity index (χ0n) is 11.5. The summed E-state index contributed by atoms with van der Waals surface area (Å²) in [5.41, 5.74) is 11.7. The lowest BCUT2D eigenvalue weighted by atomic mass is 10.1. The Morgan fingerprint density at radius 2 is 2.15 bits per heavy atom. The van der Waals surface area contributed by atoms with Crippen molar-refractivity contribution in [3.05, 3.63) is 33.9 Å². The van der Waals surface area contributed by atoms with Crippen LogP contribution in [0.2, 0.25) is 0 Å². The second-order valence-corrected chi connectivity index (χ2v) is 4.64. The van der Waals surface area contributed by atoms with Crippen molar-refractivity contribution in [2.24, 2.45) is 5.73 Å². The molecule has 0 bridgehead atoms. The Morgan fingerprint density at radius 1 is 1.45 bits per heavy atom. The number of carbonyl (C=O) groups is 1. The third kappa shape index (κ3) is 4.51. The third-order valence-electron chi connectivity index (χ3n) is 2.97. The number of anilines is 1. The number of para-hydroxylation sites is 1. The van der Waals surface area contributed by atoms with E-state index in [4.69, 9.17) is 11.5 Å². The van der Waals surface area contributed by atoms with Gasteiger partial charge >= 0.3 is 0 Å². The minimum Gasteiger partial charge on any atom is -0.393 e. The molecule has 1 amide bonds. The average molecular weight is 280 g/mol. The zero-order valence-corrected chi connectivity index (χ0v) is 11.5. The Kier molecular flexibility index (Phi) is 5.92. The van der Waals surface area contributed by atoms with Gasteiger partial charge in [-0.2, -0.15) is 0 Å². The summed E-state index contributed by atoms with van der Waals surface area (Å²) < 4.78 is 0. The molecule has 0 spiro atoms. The molecule has 0 atom stereocenters. The van der Waals surface area contributed by atoms with Crippen LogP contribution in [0.25, 0.3) is 0 Å². The van der Waals surface area contributed by atoms with Crippen LogP contribution in [0.5, 0.6) is 0 Å². The van der Waals surface area contributed by atoms with Crippen molar-refractivity contribution in [1.29, 1.82) is 0 Å². The van der Waals surface area contributed by atoms with E-state index in [1.165, 1.54) is 6.07 Å². The number of primary amides is 1. The largest absolute Gasteiger partial charge is 0.393 e. The van der Waals surface area contributed by atoms with Crippen molar-refractivity contribution in [3.8, 4) is 0 Å². The first-order chi connectivity index (χ1) is 9.45. The summed E-state index contributed by atoms with van der Waals surface area (Å²) in [6, 6.07) is 4.68. The SMILES string of the molecule is CCCCN(CC(N)=O)Cc1cccc([N+](=O)[O-])c1N. The number of unbranched alkanes of at least 4 members (excludes halogenated alkanes) is 1. The molecule has 1 aromatic rings. The second kappa shape index (κ2) is 7.44. The van der Waals surface area contributed by atoms with Crippen LogP contribution < -0.4 is 11.5 Å². The first-order valence-electron chi connectivity index (χ1n) is 6.48. The molecule has 0 aliphatic heterocycles. The van der Waals surface area contributed by atoms with Gasteiger partial charge < -0.3 is 11.5 Å². The van der Waals surface area contributed by atoms with Crippen LogP contribution >= 0.6 is 0 Å². The molecule has 0 unspecified atom stereocenters. The molecule has 0 aliphatic rings. The van der Waals surface area contributed by atoms with Crippen LogP contribution in [0.1, 0.15) is 25.3 Å². The van der Waals surface area contributed by atoms with E-state index >= 15 is 0 Å². The Morgan fingerprint density at radius 3 is 2.70 bits per heavy atom. The highest BCUT2D eigenvalue weighted by atomic mass is 16.6. The molecule has 110 valence electrons. The van der Waals surface area contributed by atoms with E-state index in [1.807, 2.05) is 11.8 Å². The van der Waals surface area contributed by atoms with Gasteiger partial charge in [-0.3, -0.25) is 19.8 Å². The van der Waals surface area contributed by atoms with Crippen molar-refractivity contribution >= 4 is 17.3 Å². The van der Waals surface area contributed by atoms with Gasteiger partial charge in [0.2, 0.25) is 5.91 Å². The molecule has 20 heavy (non-hydrogen) atoms. The molecule has 0 heterocycles. The van der Waals surface area contributed by atoms with Gasteiger partial charge in [-0.15, -0.1) is 0 Å². The molecule has 0 aromatic heterocycles. The minimum absolute atomic E-state index is 0.113. The van der Waals surface area contributed by atoms with Crippen LogP contribution in [-0.4, -0.2) is 28.8 Å². The summed E-state index contributed by atoms with van der Waals surface area (Å²) >= 11 is 0. The Balaban J connectivity index is 2.89. The summed E-state index contributed by atoms with van der Waals surface area (Å²) in [6.45, 7) is 3.23. The summed E-state index contributed by atoms with van der Waals surface area (Å²) in [5, 5.41) is 10.8. The molecule has 0 fully saturated rings. The van der Waals surface area contributed by atoms with Gasteiger partial charge in [0.15, 0.2) is 0 Å². The maximum absolute atomic E-state index is 11.1. The Hall–Kier alpha value is -2.15. The van der Waals surface area contributed by atoms with Crippen LogP contribution in [0.15, 0.2) is 18.2 Å². The molecular weight excluding hydrogens is 260 g/mol. The Bertz CT molecular complexity index is 491. The predicted octanol–water partition coefficient (Wildman–Crippen LogP) is 1.26. The van der Waals surface area contributed by atoms with Gasteiger partial charge in [0.1, 0.15) is 5.69 Å². The number of hydrogen-bond acceptors (Lipinski definition) is 5. The quantitative estimate of drug-likeness (QED) is 0.422. The van der Waals surface area contributed by atoms with E-state index in [0.717, 1.165) is 12.8 Å². The number of carbonyl (C=O) groups excluding carboxylic acids is 1. The fourth-order valence-corrected chi connectivity index (χ4v) is 1.95. The van der Waals surface area contributed by atoms with Crippen molar-refractivity contribution in [2.75, 3.05) is 18.8 Å². The van der Waals surface area contributed by atoms with Crippen LogP contribution in [0, 0.1) is 10.1 Å². The number of nitro benzene ring substituents is 1. The maximum atomic E-state index is 11.1. The maximum Gasteiger partial charge on any atom is 0.292 e. The lowest BCUT2D eigenvalue weighted by molar-refractivity contribution is -0.384. The number of hydrogen-bond donors (Lipinski definition) is 2. The van der Waals surface area contributed by atoms with Crippen LogP contribution in [-0.2, 0) is 11.3 Å². The van der Waals surface area contributed by atoms with E-state index in [0.29, 0.717) is 18.7 Å². The highest BCUT2D eigenvalue weighted by Crippen LogP contribution is 2.25. The van der Waals surface area contributed by atoms with E-state index in [2.05, 4.69) is 0 Å². The fourth-order valence-electron chi connectivity index (χ4n) is 1.95. The zero-order chi connectivity index (χ0) is 15.1. The van der Waals surface area contributed by atoms with Gasteiger partial charge in [0.25, 0.3) is 5.69 Å². The molecule has 4 N–H and O–H groups in total. The van der Waals surface area contributed by atoms with Crippen molar-refractivity contribution in [3.63, 3.8) is 0 Å². The molecular formula is C13H20N4O3. The van der Waals surface area contributed by atoms with E-state index in [1.54, 1.807) is 12.1 Å². The number of nitro groups is 1. The fraction of sp³-hybridized carbons (Fsp3) is 0.462. The number of nitrogens with two attached hydrogens (primary N) is 2. The minimum atomic E-state index is -0.511. The average Bonchev–Trinajstić information content (AvgIpc) is 2.37. The molecule has 0 aliphatic carbocycles. The third-order valence-corrected chi connectivity index (χ3v) is 2.97. The van der Waals surface area contributed by atoms with Gasteiger partial charge in [0.05, 0.1) is 11.5 Å². The van der Waals surface area contributed by atoms with Crippen LogP contribution in [0.3, 0.4) is 0 Å². The van der Waals surface area contributed by atoms with Crippen LogP contribution in [0.4, 0.5) is 11.4 Å². The highest BCUT2D eigenvalue weighted by Gasteiger charge is 2.17. The monoisotopic (exact) mass is 280 g/mol. The molecule has 0 radical (unpaired) electrons. The smallest absolute Gasteiger partial charge is 0.292 e. The lowest BCUT2D eigenvalue weighted by Crippen LogP contribution is -2.34. The van der Waals surface area contributed by atoms with Gasteiger partial charge in [-0.1, -0.05) is 25.5 Å². The summed E-state index contributed by atoms with van der Waals surface area (Å²) in [4.78, 5) is 23.2. The number of nitrogen functional groups attached to an aromatic ring is 1. The highest BCUT2D eigenvalue weighted by molar-refractivity contribution is 5.76.